The third-order valence-corrected chi connectivity index (χ3v) is 3.25. The first-order chi connectivity index (χ1) is 8.56. The zero-order valence-corrected chi connectivity index (χ0v) is 10.8. The Hall–Kier alpha value is -1.48. The highest BCUT2D eigenvalue weighted by atomic mass is 19.1. The fourth-order valence-electron chi connectivity index (χ4n) is 2.36. The van der Waals surface area contributed by atoms with E-state index in [9.17, 15) is 9.18 Å². The Labute approximate surface area is 107 Å². The van der Waals surface area contributed by atoms with Crippen molar-refractivity contribution in [2.75, 3.05) is 20.6 Å². The molecule has 96 valence electrons. The minimum Gasteiger partial charge on any atom is -0.309 e. The Balaban J connectivity index is 2.11. The molecule has 0 aliphatic heterocycles. The van der Waals surface area contributed by atoms with Crippen molar-refractivity contribution in [2.45, 2.75) is 12.8 Å². The molecule has 0 spiro atoms. The van der Waals surface area contributed by atoms with Crippen LogP contribution in [-0.2, 0) is 4.79 Å². The predicted octanol–water partition coefficient (Wildman–Crippen LogP) is 2.75. The molecule has 1 saturated carbocycles. The maximum absolute atomic E-state index is 12.8. The number of carbonyl (C=O) groups excluding carboxylic acids is 1. The second-order valence-corrected chi connectivity index (χ2v) is 5.08. The fraction of sp³-hybridized carbons (Fsp3) is 0.400. The molecule has 1 aromatic rings. The number of rotatable bonds is 3. The summed E-state index contributed by atoms with van der Waals surface area (Å²) in [6, 6.07) is 6.25. The van der Waals surface area contributed by atoms with E-state index in [1.807, 2.05) is 25.1 Å². The van der Waals surface area contributed by atoms with Gasteiger partial charge in [0.15, 0.2) is 5.78 Å². The van der Waals surface area contributed by atoms with Gasteiger partial charge in [-0.05, 0) is 56.3 Å². The van der Waals surface area contributed by atoms with Crippen LogP contribution in [-0.4, -0.2) is 31.3 Å². The Kier molecular flexibility index (Phi) is 3.92. The van der Waals surface area contributed by atoms with Crippen molar-refractivity contribution in [3.63, 3.8) is 0 Å². The lowest BCUT2D eigenvalue weighted by Gasteiger charge is -2.13. The largest absolute Gasteiger partial charge is 0.309 e. The molecule has 2 nitrogen and oxygen atoms in total. The summed E-state index contributed by atoms with van der Waals surface area (Å²) in [6.45, 7) is 0.805. The van der Waals surface area contributed by atoms with E-state index < -0.39 is 0 Å². The molecule has 0 bridgehead atoms. The summed E-state index contributed by atoms with van der Waals surface area (Å²) in [4.78, 5) is 14.2. The second kappa shape index (κ2) is 5.44. The molecule has 2 rings (SSSR count). The first-order valence-corrected chi connectivity index (χ1v) is 6.21. The van der Waals surface area contributed by atoms with Crippen molar-refractivity contribution in [1.82, 2.24) is 4.90 Å². The van der Waals surface area contributed by atoms with Crippen LogP contribution in [0.5, 0.6) is 0 Å². The summed E-state index contributed by atoms with van der Waals surface area (Å²) in [5, 5.41) is 0. The first-order valence-electron chi connectivity index (χ1n) is 6.21. The van der Waals surface area contributed by atoms with Crippen LogP contribution in [0, 0.1) is 11.7 Å². The zero-order chi connectivity index (χ0) is 13.1. The molecule has 0 N–H and O–H groups in total. The average Bonchev–Trinajstić information content (AvgIpc) is 2.64. The molecular formula is C15H18FNO. The summed E-state index contributed by atoms with van der Waals surface area (Å²) < 4.78 is 12.8. The highest BCUT2D eigenvalue weighted by Gasteiger charge is 2.29. The van der Waals surface area contributed by atoms with Crippen LogP contribution in [0.3, 0.4) is 0 Å². The van der Waals surface area contributed by atoms with E-state index in [4.69, 9.17) is 0 Å². The van der Waals surface area contributed by atoms with Gasteiger partial charge in [0.25, 0.3) is 0 Å². The van der Waals surface area contributed by atoms with Gasteiger partial charge in [-0.3, -0.25) is 4.79 Å². The van der Waals surface area contributed by atoms with Crippen LogP contribution in [0.25, 0.3) is 6.08 Å². The topological polar surface area (TPSA) is 20.3 Å². The number of hydrogen-bond acceptors (Lipinski definition) is 2. The molecule has 3 heteroatoms. The predicted molar refractivity (Wildman–Crippen MR) is 70.7 cm³/mol. The number of benzene rings is 1. The normalized spacial score (nSPS) is 22.1. The number of Topliss-reactive ketones (excluding diaryl/α,β-unsaturated/α-hetero) is 1. The lowest BCUT2D eigenvalue weighted by atomic mass is 10.0. The maximum atomic E-state index is 12.8. The smallest absolute Gasteiger partial charge is 0.163 e. The van der Waals surface area contributed by atoms with Gasteiger partial charge in [-0.15, -0.1) is 0 Å². The lowest BCUT2D eigenvalue weighted by Crippen LogP contribution is -2.24. The Morgan fingerprint density at radius 3 is 2.61 bits per heavy atom. The van der Waals surface area contributed by atoms with E-state index >= 15 is 0 Å². The molecule has 1 aliphatic carbocycles. The molecule has 18 heavy (non-hydrogen) atoms. The van der Waals surface area contributed by atoms with Crippen molar-refractivity contribution in [2.24, 2.45) is 5.92 Å². The Morgan fingerprint density at radius 2 is 2.00 bits per heavy atom. The number of ketones is 1. The average molecular weight is 247 g/mol. The van der Waals surface area contributed by atoms with Crippen molar-refractivity contribution in [3.05, 3.63) is 41.2 Å². The van der Waals surface area contributed by atoms with Crippen molar-refractivity contribution >= 4 is 11.9 Å². The van der Waals surface area contributed by atoms with Crippen LogP contribution < -0.4 is 0 Å². The van der Waals surface area contributed by atoms with E-state index in [1.54, 1.807) is 12.1 Å². The third-order valence-electron chi connectivity index (χ3n) is 3.25. The molecule has 1 aliphatic rings. The van der Waals surface area contributed by atoms with Crippen molar-refractivity contribution < 1.29 is 9.18 Å². The third kappa shape index (κ3) is 3.05. The van der Waals surface area contributed by atoms with E-state index in [0.29, 0.717) is 0 Å². The summed E-state index contributed by atoms with van der Waals surface area (Å²) in [5.41, 5.74) is 1.76. The fourth-order valence-corrected chi connectivity index (χ4v) is 2.36. The SMILES string of the molecule is CN(C)CC1CCC(=Cc2ccc(F)cc2)C1=O. The molecule has 1 fully saturated rings. The minimum atomic E-state index is -0.250. The van der Waals surface area contributed by atoms with E-state index in [0.717, 1.165) is 30.5 Å². The first kappa shape index (κ1) is 13.0. The van der Waals surface area contributed by atoms with E-state index in [2.05, 4.69) is 0 Å². The summed E-state index contributed by atoms with van der Waals surface area (Å²) in [5.74, 6) is 0.111. The Morgan fingerprint density at radius 1 is 1.33 bits per heavy atom. The van der Waals surface area contributed by atoms with Crippen molar-refractivity contribution in [3.8, 4) is 0 Å². The van der Waals surface area contributed by atoms with E-state index in [-0.39, 0.29) is 17.5 Å². The van der Waals surface area contributed by atoms with Gasteiger partial charge in [0.2, 0.25) is 0 Å². The van der Waals surface area contributed by atoms with Crippen LogP contribution in [0.1, 0.15) is 18.4 Å². The van der Waals surface area contributed by atoms with Gasteiger partial charge in [-0.2, -0.15) is 0 Å². The molecule has 1 unspecified atom stereocenters. The summed E-state index contributed by atoms with van der Waals surface area (Å²) >= 11 is 0. The van der Waals surface area contributed by atoms with Gasteiger partial charge < -0.3 is 4.90 Å². The molecule has 0 radical (unpaired) electrons. The number of halogens is 1. The van der Waals surface area contributed by atoms with Gasteiger partial charge in [-0.1, -0.05) is 12.1 Å². The standard InChI is InChI=1S/C15H18FNO/c1-17(2)10-13-6-5-12(15(13)18)9-11-3-7-14(16)8-4-11/h3-4,7-9,13H,5-6,10H2,1-2H3. The van der Waals surface area contributed by atoms with Gasteiger partial charge in [0.1, 0.15) is 5.82 Å². The van der Waals surface area contributed by atoms with Crippen LogP contribution >= 0.6 is 0 Å². The van der Waals surface area contributed by atoms with Gasteiger partial charge >= 0.3 is 0 Å². The van der Waals surface area contributed by atoms with Crippen LogP contribution in [0.4, 0.5) is 4.39 Å². The molecule has 1 aromatic carbocycles. The quantitative estimate of drug-likeness (QED) is 0.765. The molecule has 0 heterocycles. The number of hydrogen-bond donors (Lipinski definition) is 0. The zero-order valence-electron chi connectivity index (χ0n) is 10.8. The molecule has 0 saturated heterocycles. The van der Waals surface area contributed by atoms with E-state index in [1.165, 1.54) is 12.1 Å². The number of nitrogens with zero attached hydrogens (tertiary/aromatic N) is 1. The minimum absolute atomic E-state index is 0.117. The summed E-state index contributed by atoms with van der Waals surface area (Å²) in [6.07, 6.45) is 3.64. The second-order valence-electron chi connectivity index (χ2n) is 5.08. The molecular weight excluding hydrogens is 229 g/mol. The Bertz CT molecular complexity index is 462. The molecule has 1 atom stereocenters. The van der Waals surface area contributed by atoms with Gasteiger partial charge in [-0.25, -0.2) is 4.39 Å². The highest BCUT2D eigenvalue weighted by Crippen LogP contribution is 2.28. The van der Waals surface area contributed by atoms with Crippen LogP contribution in [0.15, 0.2) is 29.8 Å². The van der Waals surface area contributed by atoms with Crippen LogP contribution in [0.2, 0.25) is 0 Å². The maximum Gasteiger partial charge on any atom is 0.163 e. The van der Waals surface area contributed by atoms with Gasteiger partial charge in [0, 0.05) is 12.5 Å². The highest BCUT2D eigenvalue weighted by molar-refractivity contribution is 6.03. The lowest BCUT2D eigenvalue weighted by molar-refractivity contribution is -0.118. The summed E-state index contributed by atoms with van der Waals surface area (Å²) in [7, 11) is 3.96. The van der Waals surface area contributed by atoms with Gasteiger partial charge in [0.05, 0.1) is 0 Å². The molecule has 0 amide bonds. The number of carbonyl (C=O) groups is 1. The monoisotopic (exact) mass is 247 g/mol. The molecule has 0 aromatic heterocycles. The number of allylic oxidation sites excluding steroid dienone is 1. The van der Waals surface area contributed by atoms with Crippen molar-refractivity contribution in [1.29, 1.82) is 0 Å².